The van der Waals surface area contributed by atoms with Gasteiger partial charge in [0.05, 0.1) is 4.99 Å². The Balaban J connectivity index is 1.65. The van der Waals surface area contributed by atoms with Gasteiger partial charge in [-0.1, -0.05) is 38.3 Å². The minimum atomic E-state index is -0.0430. The Labute approximate surface area is 143 Å². The van der Waals surface area contributed by atoms with Crippen LogP contribution in [0.4, 0.5) is 0 Å². The Bertz CT molecular complexity index is 486. The first-order valence-corrected chi connectivity index (χ1v) is 8.59. The highest BCUT2D eigenvalue weighted by Gasteiger charge is 2.44. The molecule has 0 radical (unpaired) electrons. The summed E-state index contributed by atoms with van der Waals surface area (Å²) < 4.78 is 0. The number of hydrazine groups is 2. The van der Waals surface area contributed by atoms with E-state index in [9.17, 15) is 4.79 Å². The third-order valence-electron chi connectivity index (χ3n) is 4.64. The molecule has 1 amide bonds. The van der Waals surface area contributed by atoms with E-state index in [1.807, 2.05) is 19.1 Å². The summed E-state index contributed by atoms with van der Waals surface area (Å²) in [7, 11) is 3.73. The average Bonchev–Trinajstić information content (AvgIpc) is 3.37. The maximum absolute atomic E-state index is 12.0. The van der Waals surface area contributed by atoms with Crippen molar-refractivity contribution in [3.05, 3.63) is 0 Å². The summed E-state index contributed by atoms with van der Waals surface area (Å²) in [6.07, 6.45) is 4.90. The first kappa shape index (κ1) is 17.6. The van der Waals surface area contributed by atoms with Gasteiger partial charge in [-0.2, -0.15) is 0 Å². The SMILES string of the molecule is CN(NCCC(=O)NN(C)C(=S)C1(C)CC1)C(=S)C1(C)CC1. The van der Waals surface area contributed by atoms with Gasteiger partial charge in [-0.15, -0.1) is 0 Å². The van der Waals surface area contributed by atoms with Gasteiger partial charge in [-0.05, 0) is 25.7 Å². The molecule has 0 aliphatic heterocycles. The van der Waals surface area contributed by atoms with Crippen molar-refractivity contribution in [2.75, 3.05) is 20.6 Å². The molecule has 22 heavy (non-hydrogen) atoms. The largest absolute Gasteiger partial charge is 0.305 e. The third kappa shape index (κ3) is 4.14. The number of hydrogen-bond donors (Lipinski definition) is 2. The Morgan fingerprint density at radius 3 is 1.91 bits per heavy atom. The van der Waals surface area contributed by atoms with Crippen LogP contribution in [0.2, 0.25) is 0 Å². The van der Waals surface area contributed by atoms with Crippen molar-refractivity contribution in [2.45, 2.75) is 46.0 Å². The molecule has 2 aliphatic rings. The molecule has 124 valence electrons. The van der Waals surface area contributed by atoms with Crippen LogP contribution >= 0.6 is 24.4 Å². The standard InChI is InChI=1S/C15H26N4OS2/c1-14(6-7-14)12(21)18(3)16-10-5-11(20)17-19(4)13(22)15(2)8-9-15/h16H,5-10H2,1-4H3,(H,17,20). The van der Waals surface area contributed by atoms with Crippen LogP contribution in [0.1, 0.15) is 46.0 Å². The molecule has 2 N–H and O–H groups in total. The number of nitrogens with one attached hydrogen (secondary N) is 2. The van der Waals surface area contributed by atoms with Crippen molar-refractivity contribution in [3.63, 3.8) is 0 Å². The van der Waals surface area contributed by atoms with Gasteiger partial charge >= 0.3 is 0 Å². The lowest BCUT2D eigenvalue weighted by molar-refractivity contribution is -0.124. The van der Waals surface area contributed by atoms with Crippen molar-refractivity contribution in [3.8, 4) is 0 Å². The Hall–Kier alpha value is -0.790. The van der Waals surface area contributed by atoms with Crippen LogP contribution in [0.3, 0.4) is 0 Å². The van der Waals surface area contributed by atoms with E-state index >= 15 is 0 Å². The zero-order valence-electron chi connectivity index (χ0n) is 13.9. The predicted octanol–water partition coefficient (Wildman–Crippen LogP) is 2.03. The van der Waals surface area contributed by atoms with Crippen LogP contribution in [0.5, 0.6) is 0 Å². The lowest BCUT2D eigenvalue weighted by Gasteiger charge is -2.26. The zero-order valence-corrected chi connectivity index (χ0v) is 15.5. The molecule has 2 aliphatic carbocycles. The summed E-state index contributed by atoms with van der Waals surface area (Å²) in [5.74, 6) is -0.0430. The Morgan fingerprint density at radius 1 is 1.00 bits per heavy atom. The molecule has 0 aromatic carbocycles. The van der Waals surface area contributed by atoms with Crippen molar-refractivity contribution >= 4 is 40.3 Å². The van der Waals surface area contributed by atoms with E-state index in [2.05, 4.69) is 24.7 Å². The fourth-order valence-corrected chi connectivity index (χ4v) is 2.83. The highest BCUT2D eigenvalue weighted by Crippen LogP contribution is 2.47. The lowest BCUT2D eigenvalue weighted by Crippen LogP contribution is -2.47. The van der Waals surface area contributed by atoms with Crippen molar-refractivity contribution in [2.24, 2.45) is 10.8 Å². The second kappa shape index (κ2) is 6.37. The van der Waals surface area contributed by atoms with Crippen LogP contribution in [-0.4, -0.2) is 46.5 Å². The summed E-state index contributed by atoms with van der Waals surface area (Å²) in [4.78, 5) is 13.7. The predicted molar refractivity (Wildman–Crippen MR) is 96.2 cm³/mol. The molecule has 0 saturated heterocycles. The number of rotatable bonds is 6. The molecule has 2 saturated carbocycles. The molecule has 0 bridgehead atoms. The maximum Gasteiger partial charge on any atom is 0.239 e. The average molecular weight is 343 g/mol. The van der Waals surface area contributed by atoms with Gasteiger partial charge in [-0.3, -0.25) is 15.2 Å². The number of carbonyl (C=O) groups is 1. The van der Waals surface area contributed by atoms with Crippen LogP contribution in [-0.2, 0) is 4.79 Å². The molecule has 2 rings (SSSR count). The van der Waals surface area contributed by atoms with Gasteiger partial charge < -0.3 is 5.01 Å². The topological polar surface area (TPSA) is 47.6 Å². The molecule has 0 aromatic heterocycles. The number of carbonyl (C=O) groups excluding carboxylic acids is 1. The van der Waals surface area contributed by atoms with Gasteiger partial charge in [0.25, 0.3) is 0 Å². The molecule has 5 nitrogen and oxygen atoms in total. The van der Waals surface area contributed by atoms with E-state index in [4.69, 9.17) is 24.4 Å². The van der Waals surface area contributed by atoms with E-state index in [1.54, 1.807) is 5.01 Å². The number of nitrogens with zero attached hydrogens (tertiary/aromatic N) is 2. The molecular weight excluding hydrogens is 316 g/mol. The second-order valence-electron chi connectivity index (χ2n) is 7.04. The molecule has 0 unspecified atom stereocenters. The monoisotopic (exact) mass is 342 g/mol. The maximum atomic E-state index is 12.0. The smallest absolute Gasteiger partial charge is 0.239 e. The number of thiocarbonyl (C=S) groups is 2. The van der Waals surface area contributed by atoms with Crippen LogP contribution < -0.4 is 10.9 Å². The van der Waals surface area contributed by atoms with E-state index in [0.29, 0.717) is 13.0 Å². The van der Waals surface area contributed by atoms with E-state index < -0.39 is 0 Å². The summed E-state index contributed by atoms with van der Waals surface area (Å²) in [6, 6.07) is 0. The molecule has 0 aromatic rings. The van der Waals surface area contributed by atoms with Crippen LogP contribution in [0.25, 0.3) is 0 Å². The van der Waals surface area contributed by atoms with Crippen molar-refractivity contribution in [1.82, 2.24) is 20.9 Å². The van der Waals surface area contributed by atoms with Crippen molar-refractivity contribution in [1.29, 1.82) is 0 Å². The van der Waals surface area contributed by atoms with Gasteiger partial charge in [-0.25, -0.2) is 5.43 Å². The first-order valence-electron chi connectivity index (χ1n) is 7.77. The van der Waals surface area contributed by atoms with E-state index in [0.717, 1.165) is 35.7 Å². The second-order valence-corrected chi connectivity index (χ2v) is 7.82. The molecule has 2 fully saturated rings. The van der Waals surface area contributed by atoms with Crippen LogP contribution in [0, 0.1) is 10.8 Å². The molecule has 0 heterocycles. The molecular formula is C15H26N4OS2. The third-order valence-corrected chi connectivity index (χ3v) is 6.17. The number of amides is 1. The normalized spacial score (nSPS) is 20.0. The Kier molecular flexibility index (Phi) is 5.09. The van der Waals surface area contributed by atoms with Crippen molar-refractivity contribution < 1.29 is 4.79 Å². The lowest BCUT2D eigenvalue weighted by atomic mass is 10.1. The fraction of sp³-hybridized carbons (Fsp3) is 0.800. The van der Waals surface area contributed by atoms with Gasteiger partial charge in [0.2, 0.25) is 5.91 Å². The van der Waals surface area contributed by atoms with E-state index in [1.165, 1.54) is 0 Å². The molecule has 0 spiro atoms. The summed E-state index contributed by atoms with van der Waals surface area (Å²) >= 11 is 10.8. The summed E-state index contributed by atoms with van der Waals surface area (Å²) in [5, 5.41) is 3.56. The number of hydrogen-bond acceptors (Lipinski definition) is 4. The van der Waals surface area contributed by atoms with Crippen LogP contribution in [0.15, 0.2) is 0 Å². The minimum absolute atomic E-state index is 0.0430. The van der Waals surface area contributed by atoms with Gasteiger partial charge in [0.1, 0.15) is 4.99 Å². The molecule has 0 atom stereocenters. The highest BCUT2D eigenvalue weighted by atomic mass is 32.1. The zero-order chi connectivity index (χ0) is 16.5. The summed E-state index contributed by atoms with van der Waals surface area (Å²) in [5.41, 5.74) is 6.29. The quantitative estimate of drug-likeness (QED) is 0.569. The first-order chi connectivity index (χ1) is 10.2. The van der Waals surface area contributed by atoms with Gasteiger partial charge in [0, 0.05) is 37.9 Å². The highest BCUT2D eigenvalue weighted by molar-refractivity contribution is 7.80. The van der Waals surface area contributed by atoms with E-state index in [-0.39, 0.29) is 16.7 Å². The molecule has 7 heteroatoms. The van der Waals surface area contributed by atoms with Gasteiger partial charge in [0.15, 0.2) is 0 Å². The Morgan fingerprint density at radius 2 is 1.45 bits per heavy atom. The fourth-order valence-electron chi connectivity index (χ4n) is 2.32. The minimum Gasteiger partial charge on any atom is -0.305 e. The summed E-state index contributed by atoms with van der Waals surface area (Å²) in [6.45, 7) is 4.86.